The molecule has 2 atom stereocenters. The number of likely N-dealkylation sites (tertiary alicyclic amines) is 1. The molecule has 1 aromatic carbocycles. The van der Waals surface area contributed by atoms with E-state index in [0.717, 1.165) is 0 Å². The third kappa shape index (κ3) is 4.87. The minimum atomic E-state index is -4.62. The third-order valence-electron chi connectivity index (χ3n) is 3.99. The number of carbonyl (C=O) groups is 2. The van der Waals surface area contributed by atoms with Crippen LogP contribution in [0.4, 0.5) is 18.0 Å². The van der Waals surface area contributed by atoms with Gasteiger partial charge in [0.25, 0.3) is 0 Å². The molecular weight excluding hydrogens is 327 g/mol. The van der Waals surface area contributed by atoms with Crippen molar-refractivity contribution in [1.82, 2.24) is 4.90 Å². The Morgan fingerprint density at radius 3 is 2.50 bits per heavy atom. The molecule has 0 saturated carbocycles. The first-order valence-corrected chi connectivity index (χ1v) is 7.53. The molecule has 5 nitrogen and oxygen atoms in total. The van der Waals surface area contributed by atoms with Gasteiger partial charge in [0, 0.05) is 13.0 Å². The Hall–Kier alpha value is -2.25. The number of nitrogens with zero attached hydrogens (tertiary/aromatic N) is 1. The van der Waals surface area contributed by atoms with Gasteiger partial charge in [-0.1, -0.05) is 30.3 Å². The van der Waals surface area contributed by atoms with Crippen LogP contribution in [0.5, 0.6) is 0 Å². The van der Waals surface area contributed by atoms with E-state index in [0.29, 0.717) is 10.5 Å². The zero-order valence-electron chi connectivity index (χ0n) is 12.8. The fraction of sp³-hybridized carbons (Fsp3) is 0.500. The fourth-order valence-electron chi connectivity index (χ4n) is 2.80. The zero-order chi connectivity index (χ0) is 17.7. The summed E-state index contributed by atoms with van der Waals surface area (Å²) in [6.45, 7) is -0.283. The van der Waals surface area contributed by atoms with Crippen molar-refractivity contribution in [3.8, 4) is 0 Å². The molecule has 1 N–H and O–H groups in total. The number of carboxylic acid groups (broad SMARTS) is 1. The molecule has 0 spiro atoms. The number of piperidine rings is 1. The van der Waals surface area contributed by atoms with Crippen molar-refractivity contribution < 1.29 is 32.6 Å². The molecule has 1 saturated heterocycles. The van der Waals surface area contributed by atoms with Gasteiger partial charge in [0.2, 0.25) is 0 Å². The van der Waals surface area contributed by atoms with E-state index in [1.54, 1.807) is 30.3 Å². The molecule has 1 aromatic rings. The summed E-state index contributed by atoms with van der Waals surface area (Å²) < 4.78 is 44.7. The van der Waals surface area contributed by atoms with Crippen LogP contribution in [0.25, 0.3) is 0 Å². The highest BCUT2D eigenvalue weighted by Gasteiger charge is 2.49. The van der Waals surface area contributed by atoms with Gasteiger partial charge in [-0.25, -0.2) is 4.79 Å². The molecule has 8 heteroatoms. The smallest absolute Gasteiger partial charge is 0.410 e. The summed E-state index contributed by atoms with van der Waals surface area (Å²) >= 11 is 0. The van der Waals surface area contributed by atoms with Crippen LogP contribution in [-0.4, -0.2) is 40.8 Å². The monoisotopic (exact) mass is 345 g/mol. The molecule has 0 aliphatic carbocycles. The number of rotatable bonds is 4. The van der Waals surface area contributed by atoms with Crippen LogP contribution in [0.3, 0.4) is 0 Å². The highest BCUT2D eigenvalue weighted by Crippen LogP contribution is 2.36. The van der Waals surface area contributed by atoms with E-state index < -0.39 is 36.6 Å². The summed E-state index contributed by atoms with van der Waals surface area (Å²) in [4.78, 5) is 23.4. The molecule has 1 aliphatic rings. The molecule has 0 unspecified atom stereocenters. The van der Waals surface area contributed by atoms with E-state index in [1.165, 1.54) is 0 Å². The Labute approximate surface area is 137 Å². The molecule has 1 fully saturated rings. The summed E-state index contributed by atoms with van der Waals surface area (Å²) in [6.07, 6.45) is -6.20. The molecular formula is C16H18F3NO4. The van der Waals surface area contributed by atoms with Crippen LogP contribution in [0.15, 0.2) is 30.3 Å². The van der Waals surface area contributed by atoms with Gasteiger partial charge in [0.15, 0.2) is 0 Å². The molecule has 1 aliphatic heterocycles. The Kier molecular flexibility index (Phi) is 5.69. The number of benzene rings is 1. The Bertz CT molecular complexity index is 576. The summed E-state index contributed by atoms with van der Waals surface area (Å²) in [7, 11) is 0. The minimum absolute atomic E-state index is 0.112. The van der Waals surface area contributed by atoms with E-state index in [2.05, 4.69) is 0 Å². The molecule has 0 bridgehead atoms. The first kappa shape index (κ1) is 18.1. The SMILES string of the molecule is O=C(O)C[C@@H]1CCN(C(=O)OCc2ccccc2)[C@H](C(F)(F)F)C1. The molecule has 0 aromatic heterocycles. The lowest BCUT2D eigenvalue weighted by Crippen LogP contribution is -2.53. The van der Waals surface area contributed by atoms with Crippen LogP contribution in [0.2, 0.25) is 0 Å². The van der Waals surface area contributed by atoms with Gasteiger partial charge >= 0.3 is 18.2 Å². The van der Waals surface area contributed by atoms with E-state index in [-0.39, 0.29) is 26.0 Å². The van der Waals surface area contributed by atoms with Crippen molar-refractivity contribution in [3.05, 3.63) is 35.9 Å². The van der Waals surface area contributed by atoms with Crippen LogP contribution in [-0.2, 0) is 16.1 Å². The number of ether oxygens (including phenoxy) is 1. The van der Waals surface area contributed by atoms with E-state index in [1.807, 2.05) is 0 Å². The third-order valence-corrected chi connectivity index (χ3v) is 3.99. The lowest BCUT2D eigenvalue weighted by atomic mass is 9.88. The maximum absolute atomic E-state index is 13.2. The largest absolute Gasteiger partial charge is 0.481 e. The second-order valence-electron chi connectivity index (χ2n) is 5.78. The second-order valence-corrected chi connectivity index (χ2v) is 5.78. The number of carbonyl (C=O) groups excluding carboxylic acids is 1. The standard InChI is InChI=1S/C16H18F3NO4/c17-16(18,19)13-8-12(9-14(21)22)6-7-20(13)15(23)24-10-11-4-2-1-3-5-11/h1-5,12-13H,6-10H2,(H,21,22)/t12-,13+/m1/s1. The average molecular weight is 345 g/mol. The first-order valence-electron chi connectivity index (χ1n) is 7.53. The lowest BCUT2D eigenvalue weighted by Gasteiger charge is -2.39. The number of carboxylic acids is 1. The molecule has 2 rings (SSSR count). The second kappa shape index (κ2) is 7.55. The highest BCUT2D eigenvalue weighted by molar-refractivity contribution is 5.69. The van der Waals surface area contributed by atoms with Gasteiger partial charge in [-0.2, -0.15) is 13.2 Å². The normalized spacial score (nSPS) is 21.4. The van der Waals surface area contributed by atoms with Crippen molar-refractivity contribution in [3.63, 3.8) is 0 Å². The van der Waals surface area contributed by atoms with E-state index >= 15 is 0 Å². The average Bonchev–Trinajstić information content (AvgIpc) is 2.52. The summed E-state index contributed by atoms with van der Waals surface area (Å²) in [5.74, 6) is -1.74. The first-order chi connectivity index (χ1) is 11.3. The molecule has 24 heavy (non-hydrogen) atoms. The van der Waals surface area contributed by atoms with Gasteiger partial charge in [-0.3, -0.25) is 9.69 Å². The maximum Gasteiger partial charge on any atom is 0.410 e. The Balaban J connectivity index is 2.01. The van der Waals surface area contributed by atoms with Gasteiger partial charge < -0.3 is 9.84 Å². The van der Waals surface area contributed by atoms with Gasteiger partial charge in [-0.15, -0.1) is 0 Å². The molecule has 132 valence electrons. The van der Waals surface area contributed by atoms with Crippen LogP contribution in [0.1, 0.15) is 24.8 Å². The van der Waals surface area contributed by atoms with Crippen molar-refractivity contribution >= 4 is 12.1 Å². The zero-order valence-corrected chi connectivity index (χ0v) is 12.8. The Morgan fingerprint density at radius 1 is 1.25 bits per heavy atom. The highest BCUT2D eigenvalue weighted by atomic mass is 19.4. The number of aliphatic carboxylic acids is 1. The Morgan fingerprint density at radius 2 is 1.92 bits per heavy atom. The quantitative estimate of drug-likeness (QED) is 0.908. The molecule has 1 heterocycles. The van der Waals surface area contributed by atoms with Gasteiger partial charge in [0.1, 0.15) is 12.6 Å². The molecule has 1 amide bonds. The van der Waals surface area contributed by atoms with Crippen molar-refractivity contribution in [2.45, 2.75) is 38.1 Å². The van der Waals surface area contributed by atoms with Crippen molar-refractivity contribution in [2.24, 2.45) is 5.92 Å². The predicted molar refractivity (Wildman–Crippen MR) is 78.2 cm³/mol. The number of hydrogen-bond acceptors (Lipinski definition) is 3. The predicted octanol–water partition coefficient (Wildman–Crippen LogP) is 3.44. The molecule has 0 radical (unpaired) electrons. The number of alkyl halides is 3. The van der Waals surface area contributed by atoms with Crippen molar-refractivity contribution in [2.75, 3.05) is 6.54 Å². The van der Waals surface area contributed by atoms with Crippen LogP contribution >= 0.6 is 0 Å². The minimum Gasteiger partial charge on any atom is -0.481 e. The summed E-state index contributed by atoms with van der Waals surface area (Å²) in [5, 5.41) is 8.75. The summed E-state index contributed by atoms with van der Waals surface area (Å²) in [6, 6.07) is 6.64. The number of amides is 1. The fourth-order valence-corrected chi connectivity index (χ4v) is 2.80. The van der Waals surface area contributed by atoms with Crippen LogP contribution in [0, 0.1) is 5.92 Å². The lowest BCUT2D eigenvalue weighted by molar-refractivity contribution is -0.191. The number of hydrogen-bond donors (Lipinski definition) is 1. The van der Waals surface area contributed by atoms with E-state index in [9.17, 15) is 22.8 Å². The number of halogens is 3. The summed E-state index contributed by atoms with van der Waals surface area (Å²) in [5.41, 5.74) is 0.676. The maximum atomic E-state index is 13.2. The van der Waals surface area contributed by atoms with E-state index in [4.69, 9.17) is 9.84 Å². The van der Waals surface area contributed by atoms with Crippen LogP contribution < -0.4 is 0 Å². The topological polar surface area (TPSA) is 66.8 Å². The van der Waals surface area contributed by atoms with Gasteiger partial charge in [-0.05, 0) is 24.3 Å². The van der Waals surface area contributed by atoms with Gasteiger partial charge in [0.05, 0.1) is 0 Å². The van der Waals surface area contributed by atoms with Crippen molar-refractivity contribution in [1.29, 1.82) is 0 Å².